The Hall–Kier alpha value is -1.72. The first-order valence-corrected chi connectivity index (χ1v) is 8.94. The highest BCUT2D eigenvalue weighted by atomic mass is 32.1. The zero-order valence-electron chi connectivity index (χ0n) is 13.6. The molecule has 0 atom stereocenters. The van der Waals surface area contributed by atoms with Crippen LogP contribution in [-0.2, 0) is 16.1 Å². The van der Waals surface area contributed by atoms with E-state index in [-0.39, 0.29) is 5.97 Å². The number of rotatable bonds is 10. The van der Waals surface area contributed by atoms with E-state index < -0.39 is 0 Å². The highest BCUT2D eigenvalue weighted by Crippen LogP contribution is 2.21. The van der Waals surface area contributed by atoms with Crippen LogP contribution in [0.2, 0.25) is 0 Å². The minimum Gasteiger partial charge on any atom is -0.469 e. The summed E-state index contributed by atoms with van der Waals surface area (Å²) in [7, 11) is 1.44. The van der Waals surface area contributed by atoms with E-state index in [9.17, 15) is 4.79 Å². The maximum Gasteiger partial charge on any atom is 0.305 e. The molecular weight excluding hydrogens is 308 g/mol. The van der Waals surface area contributed by atoms with Crippen molar-refractivity contribution in [1.29, 1.82) is 0 Å². The van der Waals surface area contributed by atoms with E-state index in [4.69, 9.17) is 0 Å². The third kappa shape index (κ3) is 6.50. The van der Waals surface area contributed by atoms with Gasteiger partial charge in [0.25, 0.3) is 0 Å². The third-order valence-electron chi connectivity index (χ3n) is 3.67. The molecule has 0 radical (unpaired) electrons. The Morgan fingerprint density at radius 1 is 1.17 bits per heavy atom. The summed E-state index contributed by atoms with van der Waals surface area (Å²) in [6.45, 7) is 1.90. The Balaban J connectivity index is 1.55. The van der Waals surface area contributed by atoms with Gasteiger partial charge in [-0.25, -0.2) is 4.98 Å². The molecule has 124 valence electrons. The minimum atomic E-state index is -0.107. The quantitative estimate of drug-likeness (QED) is 0.527. The summed E-state index contributed by atoms with van der Waals surface area (Å²) >= 11 is 1.66. The Labute approximate surface area is 141 Å². The number of carbonyl (C=O) groups is 1. The fourth-order valence-corrected chi connectivity index (χ4v) is 2.98. The topological polar surface area (TPSA) is 51.2 Å². The van der Waals surface area contributed by atoms with Gasteiger partial charge in [-0.05, 0) is 24.9 Å². The van der Waals surface area contributed by atoms with Crippen LogP contribution in [0.25, 0.3) is 10.6 Å². The molecule has 23 heavy (non-hydrogen) atoms. The van der Waals surface area contributed by atoms with Gasteiger partial charge in [-0.1, -0.05) is 37.1 Å². The van der Waals surface area contributed by atoms with Gasteiger partial charge in [-0.15, -0.1) is 11.3 Å². The molecule has 1 heterocycles. The van der Waals surface area contributed by atoms with Crippen molar-refractivity contribution >= 4 is 17.3 Å². The lowest BCUT2D eigenvalue weighted by Crippen LogP contribution is -2.14. The van der Waals surface area contributed by atoms with E-state index in [1.165, 1.54) is 18.2 Å². The molecule has 0 unspecified atom stereocenters. The number of ether oxygens (including phenoxy) is 1. The summed E-state index contributed by atoms with van der Waals surface area (Å²) in [5, 5.41) is 6.52. The first kappa shape index (κ1) is 17.6. The number of carbonyl (C=O) groups excluding carboxylic acids is 1. The van der Waals surface area contributed by atoms with Crippen LogP contribution in [0.1, 0.15) is 37.7 Å². The second-order valence-electron chi connectivity index (χ2n) is 5.45. The van der Waals surface area contributed by atoms with Crippen molar-refractivity contribution in [3.8, 4) is 10.6 Å². The normalized spacial score (nSPS) is 10.7. The summed E-state index contributed by atoms with van der Waals surface area (Å²) < 4.78 is 4.62. The number of nitrogens with zero attached hydrogens (tertiary/aromatic N) is 1. The molecule has 0 fully saturated rings. The van der Waals surface area contributed by atoms with Gasteiger partial charge in [-0.3, -0.25) is 4.79 Å². The second kappa shape index (κ2) is 10.1. The summed E-state index contributed by atoms with van der Waals surface area (Å²) in [6.07, 6.45) is 6.66. The first-order valence-electron chi connectivity index (χ1n) is 8.06. The van der Waals surface area contributed by atoms with Crippen LogP contribution in [-0.4, -0.2) is 24.6 Å². The van der Waals surface area contributed by atoms with Crippen LogP contribution in [0.15, 0.2) is 35.8 Å². The number of esters is 1. The number of hydrogen-bond donors (Lipinski definition) is 1. The highest BCUT2D eigenvalue weighted by Gasteiger charge is 2.01. The average molecular weight is 332 g/mol. The van der Waals surface area contributed by atoms with Gasteiger partial charge in [0.05, 0.1) is 7.11 Å². The molecule has 1 N–H and O–H groups in total. The van der Waals surface area contributed by atoms with Crippen molar-refractivity contribution in [2.24, 2.45) is 0 Å². The van der Waals surface area contributed by atoms with Gasteiger partial charge in [0.1, 0.15) is 5.01 Å². The van der Waals surface area contributed by atoms with E-state index in [2.05, 4.69) is 39.3 Å². The number of nitrogens with one attached hydrogen (secondary N) is 1. The molecule has 0 bridgehead atoms. The molecule has 0 aliphatic carbocycles. The third-order valence-corrected chi connectivity index (χ3v) is 4.50. The molecule has 4 nitrogen and oxygen atoms in total. The fraction of sp³-hybridized carbons (Fsp3) is 0.444. The molecule has 0 saturated carbocycles. The molecule has 0 aliphatic heterocycles. The molecule has 2 aromatic rings. The van der Waals surface area contributed by atoms with E-state index >= 15 is 0 Å². The van der Waals surface area contributed by atoms with Crippen molar-refractivity contribution in [1.82, 2.24) is 10.3 Å². The zero-order chi connectivity index (χ0) is 16.3. The maximum atomic E-state index is 11.0. The van der Waals surface area contributed by atoms with Crippen molar-refractivity contribution in [3.63, 3.8) is 0 Å². The molecule has 5 heteroatoms. The molecule has 1 aromatic carbocycles. The summed E-state index contributed by atoms with van der Waals surface area (Å²) in [5.41, 5.74) is 2.46. The van der Waals surface area contributed by atoms with Gasteiger partial charge in [0.2, 0.25) is 0 Å². The lowest BCUT2D eigenvalue weighted by molar-refractivity contribution is -0.140. The molecule has 2 rings (SSSR count). The van der Waals surface area contributed by atoms with Crippen LogP contribution >= 0.6 is 11.3 Å². The lowest BCUT2D eigenvalue weighted by Gasteiger charge is -2.06. The molecule has 0 amide bonds. The largest absolute Gasteiger partial charge is 0.469 e. The standard InChI is InChI=1S/C18H24N2O2S/c1-22-17(21)6-4-2-3-5-11-19-14-15-7-9-16(10-8-15)18-20-12-13-23-18/h7-10,12-13,19H,2-6,11,14H2,1H3. The van der Waals surface area contributed by atoms with Crippen LogP contribution in [0, 0.1) is 0 Å². The molecule has 0 spiro atoms. The highest BCUT2D eigenvalue weighted by molar-refractivity contribution is 7.13. The molecule has 1 aromatic heterocycles. The number of methoxy groups -OCH3 is 1. The van der Waals surface area contributed by atoms with Crippen LogP contribution in [0.5, 0.6) is 0 Å². The van der Waals surface area contributed by atoms with Crippen molar-refractivity contribution in [2.75, 3.05) is 13.7 Å². The van der Waals surface area contributed by atoms with Crippen LogP contribution in [0.3, 0.4) is 0 Å². The number of hydrogen-bond acceptors (Lipinski definition) is 5. The Bertz CT molecular complexity index is 567. The first-order chi connectivity index (χ1) is 11.3. The fourth-order valence-electron chi connectivity index (χ4n) is 2.34. The van der Waals surface area contributed by atoms with Crippen LogP contribution in [0.4, 0.5) is 0 Å². The monoisotopic (exact) mass is 332 g/mol. The summed E-state index contributed by atoms with van der Waals surface area (Å²) in [6, 6.07) is 8.56. The molecule has 0 saturated heterocycles. The van der Waals surface area contributed by atoms with E-state index in [0.29, 0.717) is 6.42 Å². The summed E-state index contributed by atoms with van der Waals surface area (Å²) in [4.78, 5) is 15.3. The van der Waals surface area contributed by atoms with Crippen molar-refractivity contribution in [2.45, 2.75) is 38.6 Å². The smallest absolute Gasteiger partial charge is 0.305 e. The van der Waals surface area contributed by atoms with Crippen molar-refractivity contribution < 1.29 is 9.53 Å². The Morgan fingerprint density at radius 3 is 2.65 bits per heavy atom. The van der Waals surface area contributed by atoms with E-state index in [1.807, 2.05) is 11.6 Å². The molecular formula is C18H24N2O2S. The average Bonchev–Trinajstić information content (AvgIpc) is 3.12. The summed E-state index contributed by atoms with van der Waals surface area (Å²) in [5.74, 6) is -0.107. The Kier molecular flexibility index (Phi) is 7.77. The minimum absolute atomic E-state index is 0.107. The van der Waals surface area contributed by atoms with Gasteiger partial charge in [-0.2, -0.15) is 0 Å². The number of unbranched alkanes of at least 4 members (excludes halogenated alkanes) is 3. The lowest BCUT2D eigenvalue weighted by atomic mass is 10.1. The SMILES string of the molecule is COC(=O)CCCCCCNCc1ccc(-c2nccs2)cc1. The maximum absolute atomic E-state index is 11.0. The van der Waals surface area contributed by atoms with Crippen LogP contribution < -0.4 is 5.32 Å². The van der Waals surface area contributed by atoms with Gasteiger partial charge >= 0.3 is 5.97 Å². The second-order valence-corrected chi connectivity index (χ2v) is 6.35. The molecule has 0 aliphatic rings. The predicted molar refractivity (Wildman–Crippen MR) is 94.4 cm³/mol. The van der Waals surface area contributed by atoms with Gasteiger partial charge in [0, 0.05) is 30.1 Å². The Morgan fingerprint density at radius 2 is 1.96 bits per heavy atom. The van der Waals surface area contributed by atoms with E-state index in [0.717, 1.165) is 43.8 Å². The number of benzene rings is 1. The zero-order valence-corrected chi connectivity index (χ0v) is 14.4. The van der Waals surface area contributed by atoms with E-state index in [1.54, 1.807) is 11.3 Å². The predicted octanol–water partition coefficient (Wildman–Crippen LogP) is 4.02. The van der Waals surface area contributed by atoms with Crippen molar-refractivity contribution in [3.05, 3.63) is 41.4 Å². The van der Waals surface area contributed by atoms with Gasteiger partial charge < -0.3 is 10.1 Å². The number of thiazole rings is 1. The number of aromatic nitrogens is 1. The van der Waals surface area contributed by atoms with Gasteiger partial charge in [0.15, 0.2) is 0 Å².